The lowest BCUT2D eigenvalue weighted by molar-refractivity contribution is -0.692. The number of carbonyl (C=O) groups is 1. The van der Waals surface area contributed by atoms with Crippen LogP contribution < -0.4 is 9.67 Å². The number of carboxylic acids is 1. The van der Waals surface area contributed by atoms with Crippen LogP contribution in [-0.2, 0) is 24.3 Å². The molecule has 1 N–H and O–H groups in total. The first-order valence-electron chi connectivity index (χ1n) is 5.78. The van der Waals surface area contributed by atoms with Crippen molar-refractivity contribution in [1.29, 1.82) is 0 Å². The van der Waals surface area contributed by atoms with E-state index in [1.54, 1.807) is 0 Å². The van der Waals surface area contributed by atoms with Crippen molar-refractivity contribution in [1.82, 2.24) is 4.57 Å². The third-order valence-electron chi connectivity index (χ3n) is 2.49. The van der Waals surface area contributed by atoms with Crippen LogP contribution in [0.5, 0.6) is 0 Å². The standard InChI is InChI=1S/C9H11F6N2O.C2H4O2/c1-3-17-5-4-16(2)6(17)7(10,11)8(12,18)9(13,14)15;1-2(3)4/h4-5,18H,3H2,1-2H3;1H3,(H,3,4)/q+1;/p-1. The zero-order valence-electron chi connectivity index (χ0n) is 11.8. The SMILES string of the molecule is CC(=O)[O-].CCn1cc[n+](C)c1C(F)(F)C(O)(F)C(F)(F)F. The molecule has 1 rings (SSSR count). The molecule has 22 heavy (non-hydrogen) atoms. The summed E-state index contributed by atoms with van der Waals surface area (Å²) in [7, 11) is 1.03. The lowest BCUT2D eigenvalue weighted by Gasteiger charge is -2.27. The van der Waals surface area contributed by atoms with Crippen molar-refractivity contribution < 1.29 is 45.9 Å². The van der Waals surface area contributed by atoms with E-state index in [4.69, 9.17) is 15.0 Å². The fourth-order valence-electron chi connectivity index (χ4n) is 1.51. The number of rotatable bonds is 3. The largest absolute Gasteiger partial charge is 0.550 e. The highest BCUT2D eigenvalue weighted by molar-refractivity contribution is 5.60. The highest BCUT2D eigenvalue weighted by Crippen LogP contribution is 2.48. The van der Waals surface area contributed by atoms with Gasteiger partial charge in [-0.15, -0.1) is 0 Å². The van der Waals surface area contributed by atoms with Crippen LogP contribution in [0.25, 0.3) is 0 Å². The monoisotopic (exact) mass is 336 g/mol. The molecule has 0 saturated heterocycles. The zero-order chi connectivity index (χ0) is 17.9. The third-order valence-corrected chi connectivity index (χ3v) is 2.49. The van der Waals surface area contributed by atoms with Gasteiger partial charge >= 0.3 is 23.8 Å². The van der Waals surface area contributed by atoms with E-state index in [0.717, 1.165) is 30.9 Å². The summed E-state index contributed by atoms with van der Waals surface area (Å²) in [5, 5.41) is 17.4. The van der Waals surface area contributed by atoms with Gasteiger partial charge < -0.3 is 15.0 Å². The van der Waals surface area contributed by atoms with E-state index in [1.807, 2.05) is 0 Å². The predicted molar refractivity (Wildman–Crippen MR) is 58.0 cm³/mol. The summed E-state index contributed by atoms with van der Waals surface area (Å²) in [6.45, 7) is 2.27. The van der Waals surface area contributed by atoms with Gasteiger partial charge in [-0.3, -0.25) is 0 Å². The van der Waals surface area contributed by atoms with Gasteiger partial charge in [0.25, 0.3) is 0 Å². The molecule has 1 heterocycles. The van der Waals surface area contributed by atoms with Crippen molar-refractivity contribution in [3.8, 4) is 0 Å². The average molecular weight is 336 g/mol. The number of hydrogen-bond donors (Lipinski definition) is 1. The highest BCUT2D eigenvalue weighted by atomic mass is 19.4. The Kier molecular flexibility index (Phi) is 6.02. The first-order chi connectivity index (χ1) is 9.70. The molecule has 0 aliphatic rings. The first-order valence-corrected chi connectivity index (χ1v) is 5.78. The van der Waals surface area contributed by atoms with E-state index in [2.05, 4.69) is 0 Å². The van der Waals surface area contributed by atoms with Crippen LogP contribution in [0.2, 0.25) is 0 Å². The summed E-state index contributed by atoms with van der Waals surface area (Å²) < 4.78 is 78.1. The first kappa shape index (κ1) is 20.2. The summed E-state index contributed by atoms with van der Waals surface area (Å²) in [6, 6.07) is 0. The second kappa shape index (κ2) is 6.55. The van der Waals surface area contributed by atoms with Gasteiger partial charge in [-0.1, -0.05) is 0 Å². The van der Waals surface area contributed by atoms with Crippen LogP contribution in [0.1, 0.15) is 19.7 Å². The molecule has 1 aromatic rings. The summed E-state index contributed by atoms with van der Waals surface area (Å²) in [4.78, 5) is 8.89. The van der Waals surface area contributed by atoms with E-state index in [9.17, 15) is 26.3 Å². The number of aromatic nitrogens is 2. The fourth-order valence-corrected chi connectivity index (χ4v) is 1.51. The van der Waals surface area contributed by atoms with Crippen LogP contribution in [0, 0.1) is 0 Å². The smallest absolute Gasteiger partial charge is 0.455 e. The van der Waals surface area contributed by atoms with E-state index >= 15 is 0 Å². The maximum atomic E-state index is 13.6. The fraction of sp³-hybridized carbons (Fsp3) is 0.636. The van der Waals surface area contributed by atoms with Gasteiger partial charge in [-0.05, 0) is 13.8 Å². The molecule has 1 unspecified atom stereocenters. The molecule has 128 valence electrons. The van der Waals surface area contributed by atoms with Crippen LogP contribution >= 0.6 is 0 Å². The second-order valence-electron chi connectivity index (χ2n) is 4.20. The van der Waals surface area contributed by atoms with Gasteiger partial charge in [0.1, 0.15) is 12.4 Å². The Balaban J connectivity index is 0.000000980. The Bertz CT molecular complexity index is 520. The molecule has 1 aromatic heterocycles. The van der Waals surface area contributed by atoms with Crippen molar-refractivity contribution in [2.75, 3.05) is 0 Å². The molecule has 0 amide bonds. The second-order valence-corrected chi connectivity index (χ2v) is 4.20. The number of halogens is 6. The molecular formula is C11H14F6N2O3. The topological polar surface area (TPSA) is 69.2 Å². The lowest BCUT2D eigenvalue weighted by atomic mass is 10.1. The minimum atomic E-state index is -6.10. The molecule has 0 spiro atoms. The van der Waals surface area contributed by atoms with E-state index in [-0.39, 0.29) is 6.54 Å². The number of alkyl halides is 6. The molecule has 5 nitrogen and oxygen atoms in total. The van der Waals surface area contributed by atoms with Crippen LogP contribution in [0.15, 0.2) is 12.4 Å². The quantitative estimate of drug-likeness (QED) is 0.642. The average Bonchev–Trinajstić information content (AvgIpc) is 2.68. The molecule has 0 radical (unpaired) electrons. The number of hydrogen-bond acceptors (Lipinski definition) is 3. The molecule has 0 aromatic carbocycles. The Hall–Kier alpha value is -1.78. The molecule has 0 saturated carbocycles. The Morgan fingerprint density at radius 1 is 1.32 bits per heavy atom. The van der Waals surface area contributed by atoms with E-state index in [1.165, 1.54) is 6.92 Å². The van der Waals surface area contributed by atoms with Gasteiger partial charge in [0.15, 0.2) is 0 Å². The number of carbonyl (C=O) groups excluding carboxylic acids is 1. The third kappa shape index (κ3) is 3.90. The molecule has 0 aliphatic heterocycles. The van der Waals surface area contributed by atoms with Gasteiger partial charge in [0, 0.05) is 5.97 Å². The van der Waals surface area contributed by atoms with Crippen molar-refractivity contribution >= 4 is 5.97 Å². The van der Waals surface area contributed by atoms with Gasteiger partial charge in [0.05, 0.1) is 13.6 Å². The molecular weight excluding hydrogens is 322 g/mol. The molecule has 11 heteroatoms. The summed E-state index contributed by atoms with van der Waals surface area (Å²) in [5.74, 6) is -13.1. The lowest BCUT2D eigenvalue weighted by Crippen LogP contribution is -2.58. The maximum Gasteiger partial charge on any atom is 0.455 e. The Labute approximate surface area is 121 Å². The van der Waals surface area contributed by atoms with E-state index < -0.39 is 29.7 Å². The number of carboxylic acid groups (broad SMARTS) is 1. The van der Waals surface area contributed by atoms with Crippen molar-refractivity contribution in [2.45, 2.75) is 38.3 Å². The number of nitrogens with zero attached hydrogens (tertiary/aromatic N) is 2. The minimum absolute atomic E-state index is 0.0975. The Morgan fingerprint density at radius 3 is 2.05 bits per heavy atom. The van der Waals surface area contributed by atoms with Gasteiger partial charge in [-0.25, -0.2) is 9.13 Å². The van der Waals surface area contributed by atoms with E-state index in [0.29, 0.717) is 4.57 Å². The van der Waals surface area contributed by atoms with Gasteiger partial charge in [-0.2, -0.15) is 26.3 Å². The minimum Gasteiger partial charge on any atom is -0.550 e. The van der Waals surface area contributed by atoms with Crippen molar-refractivity contribution in [3.63, 3.8) is 0 Å². The number of aliphatic carboxylic acids is 1. The van der Waals surface area contributed by atoms with Crippen LogP contribution in [-0.4, -0.2) is 27.7 Å². The molecule has 1 atom stereocenters. The highest BCUT2D eigenvalue weighted by Gasteiger charge is 2.75. The predicted octanol–water partition coefficient (Wildman–Crippen LogP) is 0.401. The van der Waals surface area contributed by atoms with Crippen molar-refractivity contribution in [3.05, 3.63) is 18.2 Å². The number of imidazole rings is 1. The number of aliphatic hydroxyl groups is 1. The summed E-state index contributed by atoms with van der Waals surface area (Å²) in [6.07, 6.45) is -4.00. The molecule has 0 bridgehead atoms. The Morgan fingerprint density at radius 2 is 1.73 bits per heavy atom. The molecule has 0 fully saturated rings. The summed E-state index contributed by atoms with van der Waals surface area (Å²) in [5.41, 5.74) is 0. The number of aryl methyl sites for hydroxylation is 2. The van der Waals surface area contributed by atoms with Crippen LogP contribution in [0.3, 0.4) is 0 Å². The van der Waals surface area contributed by atoms with Crippen molar-refractivity contribution in [2.24, 2.45) is 7.05 Å². The summed E-state index contributed by atoms with van der Waals surface area (Å²) >= 11 is 0. The normalized spacial score (nSPS) is 14.8. The molecule has 0 aliphatic carbocycles. The maximum absolute atomic E-state index is 13.6. The van der Waals surface area contributed by atoms with Gasteiger partial charge in [0.2, 0.25) is 0 Å². The zero-order valence-corrected chi connectivity index (χ0v) is 11.8. The van der Waals surface area contributed by atoms with Crippen LogP contribution in [0.4, 0.5) is 26.3 Å².